The minimum absolute atomic E-state index is 0.224. The fourth-order valence-corrected chi connectivity index (χ4v) is 1.68. The third kappa shape index (κ3) is 6.16. The van der Waals surface area contributed by atoms with Gasteiger partial charge in [0.05, 0.1) is 6.07 Å². The average molecular weight is 324 g/mol. The van der Waals surface area contributed by atoms with Gasteiger partial charge in [0.2, 0.25) is 0 Å². The van der Waals surface area contributed by atoms with Gasteiger partial charge in [0, 0.05) is 22.9 Å². The first-order valence-electron chi connectivity index (χ1n) is 5.95. The molecule has 0 spiro atoms. The first-order valence-corrected chi connectivity index (χ1v) is 6.74. The van der Waals surface area contributed by atoms with E-state index in [2.05, 4.69) is 15.9 Å². The Labute approximate surface area is 120 Å². The van der Waals surface area contributed by atoms with Gasteiger partial charge in [-0.25, -0.2) is 0 Å². The molecule has 0 saturated heterocycles. The number of benzene rings is 1. The van der Waals surface area contributed by atoms with Crippen molar-refractivity contribution in [2.75, 3.05) is 6.61 Å². The third-order valence-corrected chi connectivity index (χ3v) is 2.98. The van der Waals surface area contributed by atoms with Crippen LogP contribution in [0.3, 0.4) is 0 Å². The minimum atomic E-state index is -0.400. The predicted molar refractivity (Wildman–Crippen MR) is 73.5 cm³/mol. The summed E-state index contributed by atoms with van der Waals surface area (Å²) in [5.41, 5.74) is 0.514. The lowest BCUT2D eigenvalue weighted by atomic mass is 10.1. The summed E-state index contributed by atoms with van der Waals surface area (Å²) >= 11 is 3.28. The van der Waals surface area contributed by atoms with E-state index in [9.17, 15) is 9.59 Å². The van der Waals surface area contributed by atoms with Gasteiger partial charge in [-0.2, -0.15) is 5.26 Å². The maximum Gasteiger partial charge on any atom is 0.306 e. The molecule has 0 radical (unpaired) electrons. The Morgan fingerprint density at radius 2 is 1.89 bits per heavy atom. The highest BCUT2D eigenvalue weighted by atomic mass is 79.9. The second kappa shape index (κ2) is 8.44. The summed E-state index contributed by atoms with van der Waals surface area (Å²) in [6.07, 6.45) is 1.96. The van der Waals surface area contributed by atoms with Crippen LogP contribution in [0.5, 0.6) is 0 Å². The van der Waals surface area contributed by atoms with Crippen molar-refractivity contribution in [1.29, 1.82) is 5.26 Å². The van der Waals surface area contributed by atoms with Crippen LogP contribution in [0, 0.1) is 11.3 Å². The topological polar surface area (TPSA) is 67.2 Å². The number of unbranched alkanes of at least 4 members (excludes halogenated alkanes) is 2. The van der Waals surface area contributed by atoms with Crippen molar-refractivity contribution >= 4 is 27.7 Å². The number of carbonyl (C=O) groups is 2. The van der Waals surface area contributed by atoms with Crippen LogP contribution in [0.4, 0.5) is 0 Å². The zero-order chi connectivity index (χ0) is 14.1. The van der Waals surface area contributed by atoms with Crippen LogP contribution < -0.4 is 0 Å². The molecule has 0 fully saturated rings. The fraction of sp³-hybridized carbons (Fsp3) is 0.357. The van der Waals surface area contributed by atoms with Crippen LogP contribution in [-0.2, 0) is 9.53 Å². The zero-order valence-electron chi connectivity index (χ0n) is 10.4. The van der Waals surface area contributed by atoms with Crippen molar-refractivity contribution in [2.24, 2.45) is 0 Å². The van der Waals surface area contributed by atoms with Crippen LogP contribution in [0.2, 0.25) is 0 Å². The molecular formula is C14H14BrNO3. The van der Waals surface area contributed by atoms with Crippen LogP contribution in [-0.4, -0.2) is 18.4 Å². The number of halogens is 1. The molecule has 0 aliphatic heterocycles. The Hall–Kier alpha value is -1.67. The number of carbonyl (C=O) groups excluding carboxylic acids is 2. The number of ketones is 1. The number of ether oxygens (including phenoxy) is 1. The zero-order valence-corrected chi connectivity index (χ0v) is 12.0. The van der Waals surface area contributed by atoms with Gasteiger partial charge in [-0.15, -0.1) is 0 Å². The Balaban J connectivity index is 2.28. The van der Waals surface area contributed by atoms with Gasteiger partial charge < -0.3 is 4.74 Å². The number of rotatable bonds is 7. The lowest BCUT2D eigenvalue weighted by molar-refractivity contribution is -0.142. The number of esters is 1. The molecule has 0 unspecified atom stereocenters. The van der Waals surface area contributed by atoms with Crippen molar-refractivity contribution in [2.45, 2.75) is 25.7 Å². The summed E-state index contributed by atoms with van der Waals surface area (Å²) in [4.78, 5) is 23.0. The molecule has 0 heterocycles. The van der Waals surface area contributed by atoms with E-state index < -0.39 is 5.97 Å². The average Bonchev–Trinajstić information content (AvgIpc) is 2.42. The molecule has 0 aliphatic rings. The molecule has 0 amide bonds. The highest BCUT2D eigenvalue weighted by Gasteiger charge is 2.09. The number of nitrogens with zero attached hydrogens (tertiary/aromatic N) is 1. The van der Waals surface area contributed by atoms with Gasteiger partial charge in [0.1, 0.15) is 0 Å². The standard InChI is InChI=1S/C14H14BrNO3/c15-12-7-5-11(6-8-12)13(17)10-19-14(18)4-2-1-3-9-16/h5-8H,1-4,10H2. The molecule has 0 bridgehead atoms. The second-order valence-corrected chi connectivity index (χ2v) is 4.87. The molecule has 0 N–H and O–H groups in total. The summed E-state index contributed by atoms with van der Waals surface area (Å²) in [6.45, 7) is -0.237. The van der Waals surface area contributed by atoms with Crippen molar-refractivity contribution in [3.05, 3.63) is 34.3 Å². The molecule has 0 atom stereocenters. The van der Waals surface area contributed by atoms with E-state index in [1.54, 1.807) is 24.3 Å². The van der Waals surface area contributed by atoms with E-state index in [1.807, 2.05) is 6.07 Å². The smallest absolute Gasteiger partial charge is 0.306 e. The number of nitriles is 1. The maximum atomic E-state index is 11.7. The number of hydrogen-bond acceptors (Lipinski definition) is 4. The van der Waals surface area contributed by atoms with Gasteiger partial charge in [-0.1, -0.05) is 28.1 Å². The van der Waals surface area contributed by atoms with Crippen molar-refractivity contribution in [3.8, 4) is 6.07 Å². The monoisotopic (exact) mass is 323 g/mol. The van der Waals surface area contributed by atoms with Crippen LogP contribution in [0.25, 0.3) is 0 Å². The van der Waals surface area contributed by atoms with Crippen molar-refractivity contribution < 1.29 is 14.3 Å². The van der Waals surface area contributed by atoms with Crippen LogP contribution in [0.1, 0.15) is 36.0 Å². The molecule has 0 aromatic heterocycles. The van der Waals surface area contributed by atoms with Gasteiger partial charge >= 0.3 is 5.97 Å². The third-order valence-electron chi connectivity index (χ3n) is 2.45. The lowest BCUT2D eigenvalue weighted by Gasteiger charge is -2.04. The van der Waals surface area contributed by atoms with Gasteiger partial charge in [0.25, 0.3) is 0 Å². The first-order chi connectivity index (χ1) is 9.13. The normalized spacial score (nSPS) is 9.68. The van der Waals surface area contributed by atoms with Crippen molar-refractivity contribution in [1.82, 2.24) is 0 Å². The molecule has 0 aliphatic carbocycles. The maximum absolute atomic E-state index is 11.7. The predicted octanol–water partition coefficient (Wildman–Crippen LogP) is 3.26. The SMILES string of the molecule is N#CCCCCC(=O)OCC(=O)c1ccc(Br)cc1. The summed E-state index contributed by atoms with van der Waals surface area (Å²) in [6, 6.07) is 8.88. The minimum Gasteiger partial charge on any atom is -0.457 e. The molecule has 1 aromatic rings. The Morgan fingerprint density at radius 3 is 2.53 bits per heavy atom. The largest absolute Gasteiger partial charge is 0.457 e. The van der Waals surface area contributed by atoms with Crippen LogP contribution >= 0.6 is 15.9 Å². The quantitative estimate of drug-likeness (QED) is 0.439. The van der Waals surface area contributed by atoms with Gasteiger partial charge in [0.15, 0.2) is 12.4 Å². The highest BCUT2D eigenvalue weighted by Crippen LogP contribution is 2.11. The molecule has 19 heavy (non-hydrogen) atoms. The molecule has 0 saturated carbocycles. The summed E-state index contributed by atoms with van der Waals surface area (Å²) < 4.78 is 5.77. The summed E-state index contributed by atoms with van der Waals surface area (Å²) in [7, 11) is 0. The molecular weight excluding hydrogens is 310 g/mol. The first kappa shape index (κ1) is 15.4. The summed E-state index contributed by atoms with van der Waals surface area (Å²) in [5, 5.41) is 8.34. The summed E-state index contributed by atoms with van der Waals surface area (Å²) in [5.74, 6) is -0.624. The molecule has 1 aromatic carbocycles. The molecule has 4 nitrogen and oxygen atoms in total. The van der Waals surface area contributed by atoms with Crippen molar-refractivity contribution in [3.63, 3.8) is 0 Å². The van der Waals surface area contributed by atoms with Gasteiger partial charge in [-0.3, -0.25) is 9.59 Å². The Bertz CT molecular complexity index is 476. The van der Waals surface area contributed by atoms with E-state index >= 15 is 0 Å². The van der Waals surface area contributed by atoms with E-state index in [4.69, 9.17) is 10.00 Å². The van der Waals surface area contributed by atoms with E-state index in [0.717, 1.165) is 4.47 Å². The number of Topliss-reactive ketones (excluding diaryl/α,β-unsaturated/α-hetero) is 1. The van der Waals surface area contributed by atoms with E-state index in [1.165, 1.54) is 0 Å². The second-order valence-electron chi connectivity index (χ2n) is 3.96. The number of hydrogen-bond donors (Lipinski definition) is 0. The van der Waals surface area contributed by atoms with E-state index in [-0.39, 0.29) is 18.8 Å². The fourth-order valence-electron chi connectivity index (χ4n) is 1.41. The lowest BCUT2D eigenvalue weighted by Crippen LogP contribution is -2.13. The Kier molecular flexibility index (Phi) is 6.83. The molecule has 5 heteroatoms. The molecule has 100 valence electrons. The van der Waals surface area contributed by atoms with E-state index in [0.29, 0.717) is 24.8 Å². The highest BCUT2D eigenvalue weighted by molar-refractivity contribution is 9.10. The molecule has 1 rings (SSSR count). The Morgan fingerprint density at radius 1 is 1.21 bits per heavy atom. The van der Waals surface area contributed by atoms with Gasteiger partial charge in [-0.05, 0) is 25.0 Å². The van der Waals surface area contributed by atoms with Crippen LogP contribution in [0.15, 0.2) is 28.7 Å².